The second kappa shape index (κ2) is 10.5. The first-order chi connectivity index (χ1) is 13.8. The highest BCUT2D eigenvalue weighted by molar-refractivity contribution is 6.33. The van der Waals surface area contributed by atoms with E-state index in [9.17, 15) is 14.4 Å². The highest BCUT2D eigenvalue weighted by Crippen LogP contribution is 2.15. The molecular weight excluding hydrogens is 396 g/mol. The zero-order valence-corrected chi connectivity index (χ0v) is 17.2. The van der Waals surface area contributed by atoms with E-state index in [4.69, 9.17) is 21.1 Å². The zero-order valence-electron chi connectivity index (χ0n) is 16.4. The van der Waals surface area contributed by atoms with Crippen molar-refractivity contribution < 1.29 is 23.9 Å². The van der Waals surface area contributed by atoms with Crippen LogP contribution in [0.1, 0.15) is 29.8 Å². The Morgan fingerprint density at radius 1 is 1.03 bits per heavy atom. The zero-order chi connectivity index (χ0) is 21.4. The third-order valence-corrected chi connectivity index (χ3v) is 4.44. The van der Waals surface area contributed by atoms with Gasteiger partial charge in [0, 0.05) is 6.54 Å². The number of carbonyl (C=O) groups excluding carboxylic acids is 3. The maximum Gasteiger partial charge on any atom is 0.329 e. The minimum absolute atomic E-state index is 0.249. The minimum Gasteiger partial charge on any atom is -0.497 e. The molecule has 2 atom stereocenters. The van der Waals surface area contributed by atoms with Crippen LogP contribution in [-0.4, -0.2) is 37.0 Å². The third-order valence-electron chi connectivity index (χ3n) is 4.11. The Kier molecular flexibility index (Phi) is 8.03. The van der Waals surface area contributed by atoms with Crippen LogP contribution in [0.15, 0.2) is 48.5 Å². The number of ether oxygens (including phenoxy) is 2. The number of carbonyl (C=O) groups is 3. The van der Waals surface area contributed by atoms with Crippen LogP contribution < -0.4 is 15.4 Å². The fourth-order valence-corrected chi connectivity index (χ4v) is 2.61. The fraction of sp³-hybridized carbons (Fsp3) is 0.286. The molecule has 2 N–H and O–H groups in total. The lowest BCUT2D eigenvalue weighted by molar-refractivity contribution is -0.156. The molecule has 0 saturated carbocycles. The number of hydrogen-bond donors (Lipinski definition) is 2. The van der Waals surface area contributed by atoms with E-state index in [1.165, 1.54) is 13.8 Å². The third kappa shape index (κ3) is 6.50. The van der Waals surface area contributed by atoms with Gasteiger partial charge in [-0.3, -0.25) is 9.59 Å². The van der Waals surface area contributed by atoms with E-state index in [0.717, 1.165) is 11.3 Å². The number of esters is 1. The molecule has 0 unspecified atom stereocenters. The van der Waals surface area contributed by atoms with Gasteiger partial charge in [-0.15, -0.1) is 0 Å². The van der Waals surface area contributed by atoms with Gasteiger partial charge in [-0.25, -0.2) is 4.79 Å². The molecule has 7 nitrogen and oxygen atoms in total. The van der Waals surface area contributed by atoms with Gasteiger partial charge < -0.3 is 20.1 Å². The highest BCUT2D eigenvalue weighted by atomic mass is 35.5. The topological polar surface area (TPSA) is 93.7 Å². The summed E-state index contributed by atoms with van der Waals surface area (Å²) in [6, 6.07) is 12.8. The number of amides is 2. The van der Waals surface area contributed by atoms with Crippen LogP contribution in [0.2, 0.25) is 5.02 Å². The number of halogens is 1. The highest BCUT2D eigenvalue weighted by Gasteiger charge is 2.24. The summed E-state index contributed by atoms with van der Waals surface area (Å²) >= 11 is 5.97. The Morgan fingerprint density at radius 2 is 1.69 bits per heavy atom. The van der Waals surface area contributed by atoms with Gasteiger partial charge in [0.25, 0.3) is 11.8 Å². The normalized spacial score (nSPS) is 12.4. The number of hydrogen-bond acceptors (Lipinski definition) is 5. The van der Waals surface area contributed by atoms with Gasteiger partial charge in [-0.1, -0.05) is 35.9 Å². The van der Waals surface area contributed by atoms with Crippen LogP contribution in [0.25, 0.3) is 0 Å². The molecule has 2 aromatic rings. The van der Waals surface area contributed by atoms with E-state index in [0.29, 0.717) is 0 Å². The summed E-state index contributed by atoms with van der Waals surface area (Å²) in [5, 5.41) is 5.48. The molecule has 0 aliphatic rings. The molecule has 0 radical (unpaired) electrons. The predicted molar refractivity (Wildman–Crippen MR) is 109 cm³/mol. The molecule has 29 heavy (non-hydrogen) atoms. The molecule has 0 aromatic heterocycles. The first-order valence-corrected chi connectivity index (χ1v) is 9.36. The fourth-order valence-electron chi connectivity index (χ4n) is 2.38. The van der Waals surface area contributed by atoms with E-state index in [1.54, 1.807) is 43.5 Å². The van der Waals surface area contributed by atoms with E-state index in [2.05, 4.69) is 10.6 Å². The van der Waals surface area contributed by atoms with Gasteiger partial charge in [-0.2, -0.15) is 0 Å². The molecule has 0 heterocycles. The SMILES string of the molecule is COc1ccc(CNC(=O)[C@H](C)OC(=O)[C@H](C)NC(=O)c2ccccc2Cl)cc1. The molecule has 0 aliphatic carbocycles. The van der Waals surface area contributed by atoms with Gasteiger partial charge >= 0.3 is 5.97 Å². The van der Waals surface area contributed by atoms with E-state index in [-0.39, 0.29) is 17.1 Å². The van der Waals surface area contributed by atoms with Crippen molar-refractivity contribution in [1.29, 1.82) is 0 Å². The molecule has 0 bridgehead atoms. The van der Waals surface area contributed by atoms with Crippen molar-refractivity contribution in [2.75, 3.05) is 7.11 Å². The van der Waals surface area contributed by atoms with Crippen molar-refractivity contribution >= 4 is 29.4 Å². The second-order valence-corrected chi connectivity index (χ2v) is 6.73. The first kappa shape index (κ1) is 22.2. The Labute approximate surface area is 174 Å². The Balaban J connectivity index is 1.82. The number of benzene rings is 2. The monoisotopic (exact) mass is 418 g/mol. The smallest absolute Gasteiger partial charge is 0.329 e. The average molecular weight is 419 g/mol. The summed E-state index contributed by atoms with van der Waals surface area (Å²) in [7, 11) is 1.57. The molecular formula is C21H23ClN2O5. The lowest BCUT2D eigenvalue weighted by atomic mass is 10.2. The van der Waals surface area contributed by atoms with Crippen LogP contribution in [0.3, 0.4) is 0 Å². The Bertz CT molecular complexity index is 870. The van der Waals surface area contributed by atoms with Crippen molar-refractivity contribution in [3.8, 4) is 5.75 Å². The lowest BCUT2D eigenvalue weighted by Crippen LogP contribution is -2.43. The molecule has 0 saturated heterocycles. The molecule has 2 rings (SSSR count). The molecule has 0 spiro atoms. The average Bonchev–Trinajstić information content (AvgIpc) is 2.72. The summed E-state index contributed by atoms with van der Waals surface area (Å²) in [5.41, 5.74) is 1.12. The maximum absolute atomic E-state index is 12.2. The van der Waals surface area contributed by atoms with Crippen molar-refractivity contribution in [3.63, 3.8) is 0 Å². The number of methoxy groups -OCH3 is 1. The molecule has 2 amide bonds. The summed E-state index contributed by atoms with van der Waals surface area (Å²) < 4.78 is 10.2. The predicted octanol–water partition coefficient (Wildman–Crippen LogP) is 2.72. The summed E-state index contributed by atoms with van der Waals surface area (Å²) in [5.74, 6) is -0.955. The molecule has 154 valence electrons. The van der Waals surface area contributed by atoms with Gasteiger partial charge in [-0.05, 0) is 43.7 Å². The van der Waals surface area contributed by atoms with Crippen LogP contribution in [0, 0.1) is 0 Å². The lowest BCUT2D eigenvalue weighted by Gasteiger charge is -2.18. The quantitative estimate of drug-likeness (QED) is 0.643. The number of nitrogens with one attached hydrogen (secondary N) is 2. The van der Waals surface area contributed by atoms with Crippen LogP contribution in [-0.2, 0) is 20.9 Å². The number of rotatable bonds is 8. The molecule has 0 aliphatic heterocycles. The van der Waals surface area contributed by atoms with Gasteiger partial charge in [0.05, 0.1) is 17.7 Å². The second-order valence-electron chi connectivity index (χ2n) is 6.32. The Morgan fingerprint density at radius 3 is 2.31 bits per heavy atom. The van der Waals surface area contributed by atoms with Crippen molar-refractivity contribution in [2.45, 2.75) is 32.5 Å². The van der Waals surface area contributed by atoms with Gasteiger partial charge in [0.15, 0.2) is 6.10 Å². The molecule has 2 aromatic carbocycles. The van der Waals surface area contributed by atoms with Crippen LogP contribution >= 0.6 is 11.6 Å². The molecule has 8 heteroatoms. The van der Waals surface area contributed by atoms with Gasteiger partial charge in [0.1, 0.15) is 11.8 Å². The minimum atomic E-state index is -1.01. The van der Waals surface area contributed by atoms with Crippen molar-refractivity contribution in [2.24, 2.45) is 0 Å². The van der Waals surface area contributed by atoms with Crippen molar-refractivity contribution in [3.05, 3.63) is 64.7 Å². The van der Waals surface area contributed by atoms with Gasteiger partial charge in [0.2, 0.25) is 0 Å². The molecule has 0 fully saturated rings. The largest absolute Gasteiger partial charge is 0.497 e. The summed E-state index contributed by atoms with van der Waals surface area (Å²) in [4.78, 5) is 36.6. The summed E-state index contributed by atoms with van der Waals surface area (Å²) in [6.45, 7) is 3.21. The first-order valence-electron chi connectivity index (χ1n) is 8.98. The van der Waals surface area contributed by atoms with E-state index < -0.39 is 29.9 Å². The van der Waals surface area contributed by atoms with E-state index in [1.807, 2.05) is 12.1 Å². The van der Waals surface area contributed by atoms with Crippen LogP contribution in [0.5, 0.6) is 5.75 Å². The van der Waals surface area contributed by atoms with Crippen LogP contribution in [0.4, 0.5) is 0 Å². The Hall–Kier alpha value is -3.06. The van der Waals surface area contributed by atoms with Crippen molar-refractivity contribution in [1.82, 2.24) is 10.6 Å². The maximum atomic E-state index is 12.2. The van der Waals surface area contributed by atoms with E-state index >= 15 is 0 Å². The summed E-state index contributed by atoms with van der Waals surface area (Å²) in [6.07, 6.45) is -1.01. The standard InChI is InChI=1S/C21H23ClN2O5/c1-13(24-20(26)17-6-4-5-7-18(17)22)21(27)29-14(2)19(25)23-12-15-8-10-16(28-3)11-9-15/h4-11,13-14H,12H2,1-3H3,(H,23,25)(H,24,26)/t13-,14-/m0/s1.